The van der Waals surface area contributed by atoms with Crippen molar-refractivity contribution in [2.75, 3.05) is 13.1 Å². The highest BCUT2D eigenvalue weighted by atomic mass is 35.5. The lowest BCUT2D eigenvalue weighted by molar-refractivity contribution is -0.0772. The molecule has 0 bridgehead atoms. The van der Waals surface area contributed by atoms with Crippen molar-refractivity contribution in [2.24, 2.45) is 5.41 Å². The van der Waals surface area contributed by atoms with E-state index >= 15 is 0 Å². The quantitative estimate of drug-likeness (QED) is 0.475. The standard InChI is InChI=1S/C24H28F2N4O3.ClH/c1-13(2)19-17(25)7-15(8-18(19)26)24(32,23(5)11-28-12-23)16-6-14(9-27-10-16)20-29-21(33-30-20)22(3,4)31;/h6-10,13,28,31-32H,11-12H2,1-5H3;1H/t24-;/m0./s1. The van der Waals surface area contributed by atoms with Gasteiger partial charge in [-0.2, -0.15) is 4.98 Å². The number of halogens is 3. The average Bonchev–Trinajstić information content (AvgIpc) is 3.21. The van der Waals surface area contributed by atoms with Gasteiger partial charge in [0.15, 0.2) is 0 Å². The Morgan fingerprint density at radius 2 is 1.68 bits per heavy atom. The van der Waals surface area contributed by atoms with E-state index in [-0.39, 0.29) is 41.2 Å². The molecule has 0 unspecified atom stereocenters. The lowest BCUT2D eigenvalue weighted by atomic mass is 9.62. The van der Waals surface area contributed by atoms with Crippen molar-refractivity contribution in [3.63, 3.8) is 0 Å². The van der Waals surface area contributed by atoms with Gasteiger partial charge in [0, 0.05) is 47.6 Å². The first-order chi connectivity index (χ1) is 15.4. The molecule has 0 spiro atoms. The van der Waals surface area contributed by atoms with Crippen LogP contribution >= 0.6 is 12.4 Å². The predicted molar refractivity (Wildman–Crippen MR) is 124 cm³/mol. The van der Waals surface area contributed by atoms with E-state index in [4.69, 9.17) is 4.52 Å². The van der Waals surface area contributed by atoms with Gasteiger partial charge in [0.1, 0.15) is 22.8 Å². The van der Waals surface area contributed by atoms with Gasteiger partial charge in [-0.15, -0.1) is 12.4 Å². The van der Waals surface area contributed by atoms with Gasteiger partial charge in [-0.05, 0) is 43.5 Å². The minimum absolute atomic E-state index is 0. The largest absolute Gasteiger partial charge is 0.381 e. The van der Waals surface area contributed by atoms with Crippen molar-refractivity contribution in [3.05, 3.63) is 64.8 Å². The van der Waals surface area contributed by atoms with Gasteiger partial charge < -0.3 is 20.1 Å². The minimum atomic E-state index is -1.75. The zero-order valence-electron chi connectivity index (χ0n) is 19.7. The lowest BCUT2D eigenvalue weighted by Gasteiger charge is -2.52. The normalized spacial score (nSPS) is 17.1. The van der Waals surface area contributed by atoms with E-state index < -0.39 is 28.3 Å². The van der Waals surface area contributed by atoms with Crippen LogP contribution in [0.5, 0.6) is 0 Å². The fourth-order valence-electron chi connectivity index (χ4n) is 4.31. The molecule has 1 saturated heterocycles. The summed E-state index contributed by atoms with van der Waals surface area (Å²) in [6.45, 7) is 9.19. The van der Waals surface area contributed by atoms with Gasteiger partial charge in [-0.1, -0.05) is 25.9 Å². The number of aromatic nitrogens is 3. The molecule has 3 heterocycles. The van der Waals surface area contributed by atoms with Crippen molar-refractivity contribution in [3.8, 4) is 11.4 Å². The van der Waals surface area contributed by atoms with E-state index in [9.17, 15) is 19.0 Å². The van der Waals surface area contributed by atoms with Crippen molar-refractivity contribution >= 4 is 12.4 Å². The molecular formula is C24H29ClF2N4O3. The maximum Gasteiger partial charge on any atom is 0.258 e. The second-order valence-corrected chi connectivity index (χ2v) is 9.83. The van der Waals surface area contributed by atoms with Crippen LogP contribution in [0.15, 0.2) is 35.1 Å². The molecule has 3 N–H and O–H groups in total. The van der Waals surface area contributed by atoms with Crippen LogP contribution in [0.3, 0.4) is 0 Å². The smallest absolute Gasteiger partial charge is 0.258 e. The zero-order chi connectivity index (χ0) is 24.2. The fraction of sp³-hybridized carbons (Fsp3) is 0.458. The third kappa shape index (κ3) is 4.22. The Balaban J connectivity index is 0.00000324. The number of hydrogen-bond acceptors (Lipinski definition) is 7. The topological polar surface area (TPSA) is 104 Å². The van der Waals surface area contributed by atoms with Gasteiger partial charge in [0.05, 0.1) is 0 Å². The summed E-state index contributed by atoms with van der Waals surface area (Å²) >= 11 is 0. The highest BCUT2D eigenvalue weighted by molar-refractivity contribution is 5.85. The Hall–Kier alpha value is -2.46. The first kappa shape index (κ1) is 26.2. The number of benzene rings is 1. The summed E-state index contributed by atoms with van der Waals surface area (Å²) in [7, 11) is 0. The highest BCUT2D eigenvalue weighted by Gasteiger charge is 2.53. The Morgan fingerprint density at radius 1 is 1.06 bits per heavy atom. The van der Waals surface area contributed by atoms with E-state index in [2.05, 4.69) is 20.4 Å². The van der Waals surface area contributed by atoms with E-state index in [0.29, 0.717) is 24.2 Å². The SMILES string of the molecule is CC(C)c1c(F)cc([C@](O)(c2cncc(-c3noc(C(C)(C)O)n3)c2)C2(C)CNC2)cc1F.Cl. The maximum absolute atomic E-state index is 14.9. The van der Waals surface area contributed by atoms with Crippen LogP contribution < -0.4 is 5.32 Å². The van der Waals surface area contributed by atoms with Gasteiger partial charge >= 0.3 is 0 Å². The third-order valence-corrected chi connectivity index (χ3v) is 6.34. The molecule has 3 aromatic rings. The average molecular weight is 495 g/mol. The van der Waals surface area contributed by atoms with Gasteiger partial charge in [0.2, 0.25) is 5.82 Å². The molecule has 0 radical (unpaired) electrons. The molecule has 34 heavy (non-hydrogen) atoms. The van der Waals surface area contributed by atoms with E-state index in [0.717, 1.165) is 0 Å². The molecule has 1 aliphatic rings. The van der Waals surface area contributed by atoms with Crippen molar-refractivity contribution in [1.29, 1.82) is 0 Å². The van der Waals surface area contributed by atoms with E-state index in [1.54, 1.807) is 19.9 Å². The number of hydrogen-bond donors (Lipinski definition) is 3. The Labute approximate surface area is 203 Å². The molecular weight excluding hydrogens is 466 g/mol. The van der Waals surface area contributed by atoms with Crippen molar-refractivity contribution in [1.82, 2.24) is 20.4 Å². The molecule has 1 aromatic carbocycles. The molecule has 10 heteroatoms. The third-order valence-electron chi connectivity index (χ3n) is 6.34. The molecule has 1 fully saturated rings. The molecule has 1 atom stereocenters. The maximum atomic E-state index is 14.9. The molecule has 1 aliphatic heterocycles. The van der Waals surface area contributed by atoms with Crippen molar-refractivity contribution in [2.45, 2.75) is 51.7 Å². The van der Waals surface area contributed by atoms with E-state index in [1.807, 2.05) is 6.92 Å². The van der Waals surface area contributed by atoms with Crippen LogP contribution in [-0.2, 0) is 11.2 Å². The molecule has 184 valence electrons. The Kier molecular flexibility index (Phi) is 6.89. The lowest BCUT2D eigenvalue weighted by Crippen LogP contribution is -2.63. The first-order valence-corrected chi connectivity index (χ1v) is 10.8. The Morgan fingerprint density at radius 3 is 2.15 bits per heavy atom. The summed E-state index contributed by atoms with van der Waals surface area (Å²) in [5, 5.41) is 29.3. The summed E-state index contributed by atoms with van der Waals surface area (Å²) in [5.41, 5.74) is -2.96. The summed E-state index contributed by atoms with van der Waals surface area (Å²) in [6, 6.07) is 4.03. The van der Waals surface area contributed by atoms with Crippen LogP contribution in [0.4, 0.5) is 8.78 Å². The minimum Gasteiger partial charge on any atom is -0.381 e. The van der Waals surface area contributed by atoms with Crippen LogP contribution in [0, 0.1) is 17.0 Å². The first-order valence-electron chi connectivity index (χ1n) is 10.8. The number of pyridine rings is 1. The summed E-state index contributed by atoms with van der Waals surface area (Å²) in [6.07, 6.45) is 2.96. The molecule has 4 rings (SSSR count). The highest BCUT2D eigenvalue weighted by Crippen LogP contribution is 2.48. The van der Waals surface area contributed by atoms with Gasteiger partial charge in [0.25, 0.3) is 5.89 Å². The summed E-state index contributed by atoms with van der Waals surface area (Å²) in [5.74, 6) is -1.55. The zero-order valence-corrected chi connectivity index (χ0v) is 20.5. The molecule has 7 nitrogen and oxygen atoms in total. The van der Waals surface area contributed by atoms with Gasteiger partial charge in [-0.3, -0.25) is 4.98 Å². The van der Waals surface area contributed by atoms with E-state index in [1.165, 1.54) is 38.4 Å². The molecule has 0 aliphatic carbocycles. The number of nitrogens with one attached hydrogen (secondary N) is 1. The molecule has 0 saturated carbocycles. The van der Waals surface area contributed by atoms with Crippen LogP contribution in [0.25, 0.3) is 11.4 Å². The Bertz CT molecular complexity index is 1170. The van der Waals surface area contributed by atoms with Crippen molar-refractivity contribution < 1.29 is 23.5 Å². The van der Waals surface area contributed by atoms with Crippen LogP contribution in [0.1, 0.15) is 63.1 Å². The fourth-order valence-corrected chi connectivity index (χ4v) is 4.31. The number of nitrogens with zero attached hydrogens (tertiary/aromatic N) is 3. The number of aliphatic hydroxyl groups is 2. The summed E-state index contributed by atoms with van der Waals surface area (Å²) in [4.78, 5) is 8.46. The number of rotatable bonds is 6. The molecule has 2 aromatic heterocycles. The second kappa shape index (κ2) is 8.96. The monoisotopic (exact) mass is 494 g/mol. The summed E-state index contributed by atoms with van der Waals surface area (Å²) < 4.78 is 35.0. The molecule has 0 amide bonds. The van der Waals surface area contributed by atoms with Crippen LogP contribution in [-0.4, -0.2) is 38.4 Å². The van der Waals surface area contributed by atoms with Crippen LogP contribution in [0.2, 0.25) is 0 Å². The van der Waals surface area contributed by atoms with Gasteiger partial charge in [-0.25, -0.2) is 8.78 Å². The second-order valence-electron chi connectivity index (χ2n) is 9.83. The predicted octanol–water partition coefficient (Wildman–Crippen LogP) is 4.03.